The monoisotopic (exact) mass is 1840 g/mol. The molecule has 0 saturated heterocycles. The number of pyridine rings is 4. The van der Waals surface area contributed by atoms with E-state index in [1.165, 1.54) is 88.6 Å². The Morgan fingerprint density at radius 3 is 1.20 bits per heavy atom. The highest BCUT2D eigenvalue weighted by atomic mass is 19.1. The second-order valence-electron chi connectivity index (χ2n) is 37.0. The van der Waals surface area contributed by atoms with Crippen molar-refractivity contribution in [1.29, 1.82) is 0 Å². The molecule has 22 nitrogen and oxygen atoms in total. The Morgan fingerprint density at radius 2 is 0.787 bits per heavy atom. The first-order chi connectivity index (χ1) is 66.4. The third-order valence-electron chi connectivity index (χ3n) is 28.6. The predicted octanol–water partition coefficient (Wildman–Crippen LogP) is 23.3. The van der Waals surface area contributed by atoms with Gasteiger partial charge in [-0.2, -0.15) is 5.10 Å². The molecule has 10 aromatic rings. The average molecular weight is 1840 g/mol. The minimum atomic E-state index is -0.340. The van der Waals surface area contributed by atoms with Gasteiger partial charge in [-0.25, -0.2) is 41.7 Å². The van der Waals surface area contributed by atoms with Crippen LogP contribution in [0.3, 0.4) is 0 Å². The van der Waals surface area contributed by atoms with E-state index >= 15 is 0 Å². The number of aliphatic imine (C=N–C) groups is 2. The van der Waals surface area contributed by atoms with Crippen molar-refractivity contribution in [2.75, 3.05) is 33.0 Å². The fraction of sp³-hybridized carbons (Fsp3) is 0.382. The molecule has 4 saturated carbocycles. The fourth-order valence-electron chi connectivity index (χ4n) is 22.4. The first kappa shape index (κ1) is 94.3. The lowest BCUT2D eigenvalue weighted by molar-refractivity contribution is 0.124. The summed E-state index contributed by atoms with van der Waals surface area (Å²) in [6, 6.07) is 42.6. The van der Waals surface area contributed by atoms with Crippen LogP contribution < -0.4 is 21.3 Å². The van der Waals surface area contributed by atoms with Gasteiger partial charge >= 0.3 is 24.4 Å². The van der Waals surface area contributed by atoms with Gasteiger partial charge in [0, 0.05) is 125 Å². The number of nitrogens with one attached hydrogen (secondary N) is 5. The minimum absolute atomic E-state index is 0.115. The number of nitrogens with zero attached hydrogens (tertiary/aromatic N) is 8. The smallest absolute Gasteiger partial charge is 0.407 e. The number of allylic oxidation sites excluding steroid dienone is 6. The van der Waals surface area contributed by atoms with Crippen molar-refractivity contribution in [3.05, 3.63) is 298 Å². The van der Waals surface area contributed by atoms with Gasteiger partial charge in [-0.05, 0) is 319 Å². The Labute approximate surface area is 791 Å². The predicted molar refractivity (Wildman–Crippen MR) is 518 cm³/mol. The van der Waals surface area contributed by atoms with Crippen LogP contribution in [0, 0.1) is 82.4 Å². The molecule has 20 rings (SSSR count). The molecular weight excluding hydrogens is 1720 g/mol. The third-order valence-corrected chi connectivity index (χ3v) is 28.6. The van der Waals surface area contributed by atoms with E-state index in [4.69, 9.17) is 28.4 Å². The van der Waals surface area contributed by atoms with Crippen molar-refractivity contribution < 1.29 is 60.1 Å². The van der Waals surface area contributed by atoms with E-state index in [-0.39, 0.29) is 89.6 Å². The van der Waals surface area contributed by atoms with Crippen LogP contribution in [-0.4, -0.2) is 129 Å². The number of H-pyrrole nitrogens is 1. The molecule has 26 heteroatoms. The van der Waals surface area contributed by atoms with Crippen LogP contribution in [0.4, 0.5) is 36.7 Å². The SMILES string of the molecule is CCOC(=O)N[C@@H]1CC[C@@H]2[C@H](CC3=C(C=NC3)[C@H]2/C=C/c2ccc(-c3cccc(F)c3)cn2)C1.CCOC(=O)N[C@@H]1CC[C@@H]2[C@H](CC3=C(N=CC3)[C@H]2/C=C/c2ccc(-c3cccc(F)c3)cn2)C1.CCOC(=O)N[C@@H]1CC[C@@H]2[C@H](Cc3cn[nH]c3[C@H]2/C=C/c2ccc(-c3cccc(F)c3)cn2)C1.CCOC(=O)N[C@@H]1CC[C@@H]2[C@H](Cc3ncoc3[C@H]2/C=C/c2ccc(-c3cccc(F)c3)cn2)C1. The summed E-state index contributed by atoms with van der Waals surface area (Å²) in [5.41, 5.74) is 19.2. The third kappa shape index (κ3) is 23.5. The Balaban J connectivity index is 0.000000126. The first-order valence-corrected chi connectivity index (χ1v) is 48.2. The molecule has 4 fully saturated rings. The van der Waals surface area contributed by atoms with Gasteiger partial charge in [0.25, 0.3) is 0 Å². The van der Waals surface area contributed by atoms with Crippen LogP contribution in [0.25, 0.3) is 68.8 Å². The zero-order valence-electron chi connectivity index (χ0n) is 77.2. The molecule has 0 spiro atoms. The molecule has 0 unspecified atom stereocenters. The maximum atomic E-state index is 13.5. The summed E-state index contributed by atoms with van der Waals surface area (Å²) < 4.78 is 80.3. The molecule has 16 atom stereocenters. The first-order valence-electron chi connectivity index (χ1n) is 48.2. The van der Waals surface area contributed by atoms with Gasteiger partial charge < -0.3 is 44.6 Å². The quantitative estimate of drug-likeness (QED) is 0.0350. The van der Waals surface area contributed by atoms with Crippen molar-refractivity contribution in [2.24, 2.45) is 69.2 Å². The number of carbonyl (C=O) groups is 4. The summed E-state index contributed by atoms with van der Waals surface area (Å²) in [5.74, 6) is 4.73. The van der Waals surface area contributed by atoms with Crippen LogP contribution in [0.5, 0.6) is 0 Å². The number of aromatic amines is 1. The molecule has 136 heavy (non-hydrogen) atoms. The lowest BCUT2D eigenvalue weighted by Gasteiger charge is -2.43. The number of ether oxygens (including phenoxy) is 4. The molecule has 0 bridgehead atoms. The molecule has 6 aromatic heterocycles. The highest BCUT2D eigenvalue weighted by Gasteiger charge is 2.47. The lowest BCUT2D eigenvalue weighted by Crippen LogP contribution is -2.44. The Kier molecular flexibility index (Phi) is 31.0. The van der Waals surface area contributed by atoms with Gasteiger partial charge in [0.1, 0.15) is 29.0 Å². The summed E-state index contributed by atoms with van der Waals surface area (Å²) in [6.45, 7) is 9.61. The van der Waals surface area contributed by atoms with E-state index in [9.17, 15) is 36.7 Å². The number of fused-ring (bicyclic) bond motifs is 6. The highest BCUT2D eigenvalue weighted by molar-refractivity contribution is 5.85. The fourth-order valence-corrected chi connectivity index (χ4v) is 22.4. The molecule has 10 aliphatic rings. The Hall–Kier alpha value is -13.5. The topological polar surface area (TPSA) is 284 Å². The molecule has 5 N–H and O–H groups in total. The number of hydrogen-bond donors (Lipinski definition) is 5. The van der Waals surface area contributed by atoms with Crippen LogP contribution in [0.2, 0.25) is 0 Å². The average Bonchev–Trinajstić information content (AvgIpc) is 1.57. The van der Waals surface area contributed by atoms with E-state index < -0.39 is 0 Å². The van der Waals surface area contributed by atoms with Gasteiger partial charge in [-0.15, -0.1) is 0 Å². The van der Waals surface area contributed by atoms with E-state index in [1.807, 2.05) is 119 Å². The minimum Gasteiger partial charge on any atom is -0.450 e. The molecular formula is C110H117F4N13O9. The van der Waals surface area contributed by atoms with E-state index in [2.05, 4.69) is 110 Å². The van der Waals surface area contributed by atoms with Crippen molar-refractivity contribution >= 4 is 61.1 Å². The maximum absolute atomic E-state index is 13.5. The maximum Gasteiger partial charge on any atom is 0.407 e. The summed E-state index contributed by atoms with van der Waals surface area (Å²) in [5, 5.41) is 19.7. The van der Waals surface area contributed by atoms with Crippen molar-refractivity contribution in [2.45, 2.75) is 173 Å². The van der Waals surface area contributed by atoms with Crippen LogP contribution in [0.1, 0.15) is 181 Å². The largest absolute Gasteiger partial charge is 0.450 e. The lowest BCUT2D eigenvalue weighted by atomic mass is 9.63. The molecule has 8 aliphatic carbocycles. The number of benzene rings is 4. The molecule has 4 aromatic carbocycles. The van der Waals surface area contributed by atoms with Crippen LogP contribution in [0.15, 0.2) is 244 Å². The zero-order chi connectivity index (χ0) is 94.0. The number of rotatable bonds is 20. The molecule has 8 heterocycles. The number of hydrogen-bond acceptors (Lipinski definition) is 17. The summed E-state index contributed by atoms with van der Waals surface area (Å²) in [4.78, 5) is 79.7. The van der Waals surface area contributed by atoms with Gasteiger partial charge in [-0.1, -0.05) is 97.1 Å². The molecule has 4 amide bonds. The summed E-state index contributed by atoms with van der Waals surface area (Å²) >= 11 is 0. The van der Waals surface area contributed by atoms with E-state index in [1.54, 1.807) is 49.1 Å². The number of halogens is 4. The summed E-state index contributed by atoms with van der Waals surface area (Å²) in [6.07, 6.45) is 47.2. The molecule has 2 aliphatic heterocycles. The van der Waals surface area contributed by atoms with Crippen molar-refractivity contribution in [1.82, 2.24) is 56.4 Å². The van der Waals surface area contributed by atoms with Crippen molar-refractivity contribution in [3.63, 3.8) is 0 Å². The Bertz CT molecular complexity index is 5720. The van der Waals surface area contributed by atoms with E-state index in [0.29, 0.717) is 79.7 Å². The number of oxazole rings is 1. The Morgan fingerprint density at radius 1 is 0.412 bits per heavy atom. The van der Waals surface area contributed by atoms with Crippen LogP contribution >= 0.6 is 0 Å². The second-order valence-corrected chi connectivity index (χ2v) is 37.0. The molecule has 0 radical (unpaired) electrons. The van der Waals surface area contributed by atoms with Crippen molar-refractivity contribution in [3.8, 4) is 44.5 Å². The van der Waals surface area contributed by atoms with Gasteiger partial charge in [-0.3, -0.25) is 35.0 Å². The number of alkyl carbamates (subject to hydrolysis) is 4. The van der Waals surface area contributed by atoms with Gasteiger partial charge in [0.15, 0.2) is 6.39 Å². The van der Waals surface area contributed by atoms with E-state index in [0.717, 1.165) is 194 Å². The number of aromatic nitrogens is 7. The number of carbonyl (C=O) groups excluding carboxylic acids is 4. The van der Waals surface area contributed by atoms with Gasteiger partial charge in [0.05, 0.1) is 67.6 Å². The molecule has 704 valence electrons. The number of amides is 4. The standard InChI is InChI=1S/2C28H30FN3O2.C27H29FN4O2.C27H28FN3O3/c1-2-34-28(33)32-24-9-10-25-20(14-24)12-21-15-30-17-27(21)26(25)11-8-23-7-6-19(16-31-23)18-4-3-5-22(29)13-18;1-2-34-28(33)32-24-9-10-25-21(16-24)14-19-12-13-30-27(19)26(25)11-8-23-7-6-20(17-31-23)18-4-3-5-22(29)15-18;1-2-34-27(33)31-23-9-10-24-19(14-23)12-20-16-30-32-26(20)25(24)11-8-22-7-6-18(15-29-22)17-4-3-5-21(28)13-17;1-2-33-27(32)31-22-9-10-23-19(13-22)14-25-26(34-16-30-25)24(23)11-8-21-7-6-18(15-29-21)17-4-3-5-20(28)12-17/h3-8,11,13,16-17,20,24-26H,2,9-10,12,14-15H2,1H3,(H,32,33);3-8,11,13,15,17,21,24-26H,2,9-10,12,14,16H2,1H3,(H,32,33);3-8,11,13,15-16,19,23-25H,2,9-10,12,14H2,1H3,(H,30,32)(H,31,33);3-8,11-12,15-16,19,22-24H,2,9-10,13-14H2,1H3,(H,31,32)/b4*11-8+/t20-,24-,25-,26+;21-,24-,25-,26+;19-,23-,24-,25+;19-,22+,23+,24-/m1110/s1. The zero-order valence-corrected chi connectivity index (χ0v) is 77.2. The van der Waals surface area contributed by atoms with Crippen LogP contribution in [-0.2, 0) is 31.8 Å². The van der Waals surface area contributed by atoms with Gasteiger partial charge in [0.2, 0.25) is 0 Å². The highest BCUT2D eigenvalue weighted by Crippen LogP contribution is 2.53. The second kappa shape index (κ2) is 44.8. The normalized spacial score (nSPS) is 24.8. The summed E-state index contributed by atoms with van der Waals surface area (Å²) in [7, 11) is 0.